The maximum Gasteiger partial charge on any atom is 0.248 e. The number of aliphatic imine (C=N–C) groups is 1. The van der Waals surface area contributed by atoms with Gasteiger partial charge in [0.1, 0.15) is 0 Å². The topological polar surface area (TPSA) is 85.3 Å². The Morgan fingerprint density at radius 1 is 1.10 bits per heavy atom. The summed E-state index contributed by atoms with van der Waals surface area (Å²) in [7, 11) is -3.11. The van der Waals surface area contributed by atoms with Crippen molar-refractivity contribution in [2.45, 2.75) is 57.7 Å². The zero-order chi connectivity index (χ0) is 21.7. The Kier molecular flexibility index (Phi) is 7.68. The van der Waals surface area contributed by atoms with Gasteiger partial charge in [-0.15, -0.1) is 0 Å². The third-order valence-corrected chi connectivity index (χ3v) is 8.09. The molecule has 2 unspecified atom stereocenters. The van der Waals surface area contributed by atoms with Gasteiger partial charge in [-0.2, -0.15) is 4.99 Å². The van der Waals surface area contributed by atoms with Crippen LogP contribution in [0.2, 0.25) is 0 Å². The molecule has 3 rings (SSSR count). The number of hydrogen-bond acceptors (Lipinski definition) is 6. The Morgan fingerprint density at radius 3 is 2.47 bits per heavy atom. The summed E-state index contributed by atoms with van der Waals surface area (Å²) in [5.41, 5.74) is 0.769. The van der Waals surface area contributed by atoms with Crippen LogP contribution in [-0.2, 0) is 14.6 Å². The van der Waals surface area contributed by atoms with Crippen LogP contribution in [0, 0.1) is 0 Å². The van der Waals surface area contributed by atoms with Crippen molar-refractivity contribution in [2.24, 2.45) is 4.99 Å². The molecule has 0 aliphatic carbocycles. The molecule has 2 fully saturated rings. The van der Waals surface area contributed by atoms with Gasteiger partial charge in [-0.1, -0.05) is 32.5 Å². The molecule has 0 aromatic heterocycles. The maximum absolute atomic E-state index is 12.2. The highest BCUT2D eigenvalue weighted by Gasteiger charge is 2.49. The zero-order valence-electron chi connectivity index (χ0n) is 17.8. The zero-order valence-corrected chi connectivity index (χ0v) is 19.4. The van der Waals surface area contributed by atoms with E-state index in [4.69, 9.17) is 9.47 Å². The van der Waals surface area contributed by atoms with Crippen molar-refractivity contribution in [1.29, 1.82) is 0 Å². The van der Waals surface area contributed by atoms with Crippen molar-refractivity contribution < 1.29 is 22.7 Å². The van der Waals surface area contributed by atoms with E-state index >= 15 is 0 Å². The molecule has 2 aliphatic rings. The van der Waals surface area contributed by atoms with Gasteiger partial charge < -0.3 is 14.4 Å². The highest BCUT2D eigenvalue weighted by molar-refractivity contribution is 8.16. The lowest BCUT2D eigenvalue weighted by atomic mass is 10.2. The molecule has 7 nitrogen and oxygen atoms in total. The van der Waals surface area contributed by atoms with Crippen LogP contribution in [0.15, 0.2) is 23.2 Å². The fourth-order valence-electron chi connectivity index (χ4n) is 3.55. The van der Waals surface area contributed by atoms with Crippen LogP contribution in [0.5, 0.6) is 11.5 Å². The standard InChI is InChI=1S/C21H30N2O5S2/c1-4-7-20(24)22-21-23(16-13-30(25,26)14-19(16)29-21)15-8-9-17(27-10-5-2)18(12-15)28-11-6-3/h8-9,12,16,19H,4-7,10-11,13-14H2,1-3H3. The average Bonchev–Trinajstić information content (AvgIpc) is 3.15. The van der Waals surface area contributed by atoms with E-state index in [1.54, 1.807) is 0 Å². The van der Waals surface area contributed by atoms with Crippen molar-refractivity contribution in [3.8, 4) is 11.5 Å². The molecule has 0 bridgehead atoms. The third-order valence-electron chi connectivity index (χ3n) is 4.88. The van der Waals surface area contributed by atoms with E-state index in [1.165, 1.54) is 11.8 Å². The quantitative estimate of drug-likeness (QED) is 0.563. The molecule has 166 valence electrons. The number of anilines is 1. The van der Waals surface area contributed by atoms with Crippen molar-refractivity contribution >= 4 is 38.4 Å². The number of benzene rings is 1. The maximum atomic E-state index is 12.2. The van der Waals surface area contributed by atoms with Crippen molar-refractivity contribution in [3.05, 3.63) is 18.2 Å². The number of sulfone groups is 1. The molecule has 0 N–H and O–H groups in total. The smallest absolute Gasteiger partial charge is 0.248 e. The lowest BCUT2D eigenvalue weighted by Crippen LogP contribution is -2.37. The van der Waals surface area contributed by atoms with Crippen molar-refractivity contribution in [3.63, 3.8) is 0 Å². The number of hydrogen-bond donors (Lipinski definition) is 0. The minimum Gasteiger partial charge on any atom is -0.490 e. The second kappa shape index (κ2) is 10.0. The largest absolute Gasteiger partial charge is 0.490 e. The van der Waals surface area contributed by atoms with E-state index in [9.17, 15) is 13.2 Å². The van der Waals surface area contributed by atoms with Crippen LogP contribution >= 0.6 is 11.8 Å². The summed E-state index contributed by atoms with van der Waals surface area (Å²) in [4.78, 5) is 18.4. The van der Waals surface area contributed by atoms with Crippen molar-refractivity contribution in [1.82, 2.24) is 0 Å². The molecule has 2 atom stereocenters. The molecule has 30 heavy (non-hydrogen) atoms. The predicted octanol–water partition coefficient (Wildman–Crippen LogP) is 3.67. The van der Waals surface area contributed by atoms with E-state index in [0.29, 0.717) is 36.3 Å². The summed E-state index contributed by atoms with van der Waals surface area (Å²) in [5.74, 6) is 1.27. The molecule has 1 aromatic carbocycles. The first kappa shape index (κ1) is 22.9. The number of rotatable bonds is 9. The second-order valence-corrected chi connectivity index (χ2v) is 10.9. The Balaban J connectivity index is 1.98. The first-order valence-corrected chi connectivity index (χ1v) is 13.3. The van der Waals surface area contributed by atoms with Gasteiger partial charge in [0, 0.05) is 23.4 Å². The van der Waals surface area contributed by atoms with Crippen LogP contribution < -0.4 is 14.4 Å². The normalized spacial score (nSPS) is 23.6. The van der Waals surface area contributed by atoms with Crippen LogP contribution in [-0.4, -0.2) is 55.5 Å². The lowest BCUT2D eigenvalue weighted by molar-refractivity contribution is -0.117. The summed E-state index contributed by atoms with van der Waals surface area (Å²) < 4.78 is 36.2. The van der Waals surface area contributed by atoms with E-state index in [0.717, 1.165) is 24.9 Å². The molecule has 0 radical (unpaired) electrons. The molecule has 2 saturated heterocycles. The minimum atomic E-state index is -3.11. The Labute approximate surface area is 183 Å². The van der Waals surface area contributed by atoms with Crippen LogP contribution in [0.25, 0.3) is 0 Å². The average molecular weight is 455 g/mol. The molecular weight excluding hydrogens is 424 g/mol. The minimum absolute atomic E-state index is 0.0604. The van der Waals surface area contributed by atoms with E-state index in [2.05, 4.69) is 4.99 Å². The van der Waals surface area contributed by atoms with E-state index in [-0.39, 0.29) is 28.7 Å². The fraction of sp³-hybridized carbons (Fsp3) is 0.619. The summed E-state index contributed by atoms with van der Waals surface area (Å²) in [6.45, 7) is 7.15. The van der Waals surface area contributed by atoms with Crippen LogP contribution in [0.4, 0.5) is 5.69 Å². The monoisotopic (exact) mass is 454 g/mol. The molecule has 2 heterocycles. The summed E-state index contributed by atoms with van der Waals surface area (Å²) in [6, 6.07) is 5.36. The summed E-state index contributed by atoms with van der Waals surface area (Å²) >= 11 is 1.39. The highest BCUT2D eigenvalue weighted by Crippen LogP contribution is 2.43. The number of carbonyl (C=O) groups excluding carboxylic acids is 1. The SMILES string of the molecule is CCCOc1ccc(N2C(=NC(=O)CCC)SC3CS(=O)(=O)CC32)cc1OCCC. The molecule has 1 amide bonds. The Hall–Kier alpha value is -1.74. The van der Waals surface area contributed by atoms with Gasteiger partial charge in [-0.25, -0.2) is 8.42 Å². The van der Waals surface area contributed by atoms with E-state index in [1.807, 2.05) is 43.9 Å². The van der Waals surface area contributed by atoms with Crippen molar-refractivity contribution in [2.75, 3.05) is 29.6 Å². The highest BCUT2D eigenvalue weighted by atomic mass is 32.2. The molecule has 9 heteroatoms. The van der Waals surface area contributed by atoms with Gasteiger partial charge in [-0.05, 0) is 31.4 Å². The first-order chi connectivity index (χ1) is 14.4. The van der Waals surface area contributed by atoms with Crippen LogP contribution in [0.1, 0.15) is 46.5 Å². The number of ether oxygens (including phenoxy) is 2. The third kappa shape index (κ3) is 5.29. The fourth-order valence-corrected chi connectivity index (χ4v) is 7.48. The number of nitrogens with zero attached hydrogens (tertiary/aromatic N) is 2. The Morgan fingerprint density at radius 2 is 1.80 bits per heavy atom. The predicted molar refractivity (Wildman–Crippen MR) is 122 cm³/mol. The number of thioether (sulfide) groups is 1. The number of amides is 1. The lowest BCUT2D eigenvalue weighted by Gasteiger charge is -2.25. The van der Waals surface area contributed by atoms with Gasteiger partial charge in [-0.3, -0.25) is 4.79 Å². The summed E-state index contributed by atoms with van der Waals surface area (Å²) in [6.07, 6.45) is 2.84. The first-order valence-electron chi connectivity index (χ1n) is 10.6. The second-order valence-electron chi connectivity index (χ2n) is 7.54. The van der Waals surface area contributed by atoms with Gasteiger partial charge in [0.15, 0.2) is 26.5 Å². The number of fused-ring (bicyclic) bond motifs is 1. The van der Waals surface area contributed by atoms with Gasteiger partial charge >= 0.3 is 0 Å². The van der Waals surface area contributed by atoms with Gasteiger partial charge in [0.2, 0.25) is 5.91 Å². The van der Waals surface area contributed by atoms with Gasteiger partial charge in [0.25, 0.3) is 0 Å². The number of amidine groups is 1. The molecule has 2 aliphatic heterocycles. The molecular formula is C21H30N2O5S2. The molecule has 0 spiro atoms. The number of carbonyl (C=O) groups is 1. The molecule has 0 saturated carbocycles. The molecule has 1 aromatic rings. The van der Waals surface area contributed by atoms with Crippen LogP contribution in [0.3, 0.4) is 0 Å². The summed E-state index contributed by atoms with van der Waals surface area (Å²) in [5, 5.41) is 0.446. The van der Waals surface area contributed by atoms with E-state index < -0.39 is 9.84 Å². The Bertz CT molecular complexity index is 901. The van der Waals surface area contributed by atoms with Gasteiger partial charge in [0.05, 0.1) is 30.8 Å².